The minimum absolute atomic E-state index is 0.0503. The number of fused-ring (bicyclic) bond motifs is 1. The highest BCUT2D eigenvalue weighted by Gasteiger charge is 2.31. The van der Waals surface area contributed by atoms with Gasteiger partial charge < -0.3 is 19.4 Å². The summed E-state index contributed by atoms with van der Waals surface area (Å²) < 4.78 is 13.2. The Morgan fingerprint density at radius 3 is 2.79 bits per heavy atom. The quantitative estimate of drug-likeness (QED) is 0.807. The normalized spacial score (nSPS) is 19.6. The Morgan fingerprint density at radius 1 is 1.31 bits per heavy atom. The molecule has 1 saturated heterocycles. The largest absolute Gasteiger partial charge is 0.465 e. The first-order valence-electron chi connectivity index (χ1n) is 10.8. The van der Waals surface area contributed by atoms with E-state index in [9.17, 15) is 4.79 Å². The van der Waals surface area contributed by atoms with Crippen molar-refractivity contribution in [2.24, 2.45) is 5.92 Å². The van der Waals surface area contributed by atoms with Gasteiger partial charge in [-0.25, -0.2) is 0 Å². The molecule has 4 rings (SSSR count). The zero-order chi connectivity index (χ0) is 20.4. The maximum absolute atomic E-state index is 13.2. The second-order valence-electron chi connectivity index (χ2n) is 8.59. The molecule has 1 atom stereocenters. The molecule has 1 amide bonds. The number of rotatable bonds is 6. The maximum Gasteiger partial charge on any atom is 0.274 e. The van der Waals surface area contributed by atoms with Crippen LogP contribution < -0.4 is 5.32 Å². The molecule has 29 heavy (non-hydrogen) atoms. The molecule has 1 aliphatic heterocycles. The number of hydrogen-bond donors (Lipinski definition) is 1. The maximum atomic E-state index is 13.2. The molecule has 2 aliphatic rings. The first kappa shape index (κ1) is 20.2. The topological polar surface area (TPSA) is 72.5 Å². The fourth-order valence-corrected chi connectivity index (χ4v) is 4.27. The number of ether oxygens (including phenoxy) is 1. The molecule has 0 radical (unpaired) electrons. The van der Waals surface area contributed by atoms with E-state index in [1.807, 2.05) is 24.0 Å². The molecule has 0 saturated carbocycles. The van der Waals surface area contributed by atoms with Crippen molar-refractivity contribution in [3.05, 3.63) is 40.6 Å². The van der Waals surface area contributed by atoms with Crippen LogP contribution >= 0.6 is 0 Å². The predicted octanol–water partition coefficient (Wildman–Crippen LogP) is 2.56. The van der Waals surface area contributed by atoms with E-state index in [2.05, 4.69) is 23.8 Å². The fraction of sp³-hybridized carbons (Fsp3) is 0.636. The van der Waals surface area contributed by atoms with Crippen LogP contribution in [0.15, 0.2) is 16.5 Å². The summed E-state index contributed by atoms with van der Waals surface area (Å²) in [6.45, 7) is 10.4. The van der Waals surface area contributed by atoms with Crippen molar-refractivity contribution in [1.29, 1.82) is 0 Å². The van der Waals surface area contributed by atoms with E-state index in [1.54, 1.807) is 0 Å². The van der Waals surface area contributed by atoms with Gasteiger partial charge in [0.05, 0.1) is 19.8 Å². The third-order valence-corrected chi connectivity index (χ3v) is 5.75. The highest BCUT2D eigenvalue weighted by Crippen LogP contribution is 2.27. The monoisotopic (exact) mass is 400 g/mol. The first-order valence-corrected chi connectivity index (χ1v) is 10.8. The SMILES string of the molecule is Cc1ccc(CN[C@H]2CCc3c(c(C(=O)N4CCOCC4)nn3CC(C)C)C2)o1. The summed E-state index contributed by atoms with van der Waals surface area (Å²) in [5, 5.41) is 8.41. The number of hydrogen-bond acceptors (Lipinski definition) is 5. The molecule has 0 unspecified atom stereocenters. The van der Waals surface area contributed by atoms with Gasteiger partial charge in [0.2, 0.25) is 0 Å². The zero-order valence-corrected chi connectivity index (χ0v) is 17.7. The molecule has 7 heteroatoms. The second-order valence-corrected chi connectivity index (χ2v) is 8.59. The van der Waals surface area contributed by atoms with Crippen LogP contribution in [0.5, 0.6) is 0 Å². The number of aromatic nitrogens is 2. The second kappa shape index (κ2) is 8.71. The molecule has 7 nitrogen and oxygen atoms in total. The van der Waals surface area contributed by atoms with E-state index in [-0.39, 0.29) is 5.91 Å². The smallest absolute Gasteiger partial charge is 0.274 e. The third kappa shape index (κ3) is 4.56. The van der Waals surface area contributed by atoms with Crippen LogP contribution in [0, 0.1) is 12.8 Å². The summed E-state index contributed by atoms with van der Waals surface area (Å²) >= 11 is 0. The van der Waals surface area contributed by atoms with Gasteiger partial charge in [-0.3, -0.25) is 9.48 Å². The van der Waals surface area contributed by atoms with Crippen molar-refractivity contribution in [1.82, 2.24) is 20.0 Å². The Kier molecular flexibility index (Phi) is 6.06. The average Bonchev–Trinajstić information content (AvgIpc) is 3.29. The number of amides is 1. The van der Waals surface area contributed by atoms with Gasteiger partial charge in [0, 0.05) is 36.9 Å². The van der Waals surface area contributed by atoms with Crippen molar-refractivity contribution < 1.29 is 13.9 Å². The molecule has 1 aliphatic carbocycles. The van der Waals surface area contributed by atoms with Crippen LogP contribution in [-0.4, -0.2) is 52.9 Å². The van der Waals surface area contributed by atoms with Gasteiger partial charge in [-0.2, -0.15) is 5.10 Å². The summed E-state index contributed by atoms with van der Waals surface area (Å²) in [7, 11) is 0. The molecule has 1 fully saturated rings. The summed E-state index contributed by atoms with van der Waals surface area (Å²) in [5.41, 5.74) is 3.01. The zero-order valence-electron chi connectivity index (χ0n) is 17.7. The molecule has 0 bridgehead atoms. The van der Waals surface area contributed by atoms with E-state index >= 15 is 0 Å². The molecule has 0 aromatic carbocycles. The van der Waals surface area contributed by atoms with E-state index < -0.39 is 0 Å². The molecule has 1 N–H and O–H groups in total. The van der Waals surface area contributed by atoms with Gasteiger partial charge in [0.1, 0.15) is 11.5 Å². The van der Waals surface area contributed by atoms with Gasteiger partial charge in [-0.05, 0) is 44.2 Å². The number of carbonyl (C=O) groups excluding carboxylic acids is 1. The standard InChI is InChI=1S/C22H32N4O3/c1-15(2)14-26-20-7-5-17(23-13-18-6-4-16(3)29-18)12-19(20)21(24-26)22(27)25-8-10-28-11-9-25/h4,6,15,17,23H,5,7-14H2,1-3H3/t17-/m0/s1. The summed E-state index contributed by atoms with van der Waals surface area (Å²) in [5.74, 6) is 2.42. The lowest BCUT2D eigenvalue weighted by Crippen LogP contribution is -2.41. The van der Waals surface area contributed by atoms with E-state index in [4.69, 9.17) is 14.3 Å². The Hall–Kier alpha value is -2.12. The molecule has 2 aromatic heterocycles. The molecular weight excluding hydrogens is 368 g/mol. The lowest BCUT2D eigenvalue weighted by atomic mass is 9.91. The minimum atomic E-state index is 0.0503. The number of nitrogens with one attached hydrogen (secondary N) is 1. The van der Waals surface area contributed by atoms with Gasteiger partial charge in [-0.15, -0.1) is 0 Å². The molecular formula is C22H32N4O3. The number of nitrogens with zero attached hydrogens (tertiary/aromatic N) is 3. The first-order chi connectivity index (χ1) is 14.0. The van der Waals surface area contributed by atoms with Crippen molar-refractivity contribution in [2.45, 2.75) is 59.2 Å². The van der Waals surface area contributed by atoms with Crippen LogP contribution in [0.25, 0.3) is 0 Å². The van der Waals surface area contributed by atoms with Crippen LogP contribution in [0.2, 0.25) is 0 Å². The van der Waals surface area contributed by atoms with E-state index in [0.717, 1.165) is 42.9 Å². The van der Waals surface area contributed by atoms with Crippen LogP contribution in [-0.2, 0) is 30.7 Å². The Balaban J connectivity index is 1.53. The summed E-state index contributed by atoms with van der Waals surface area (Å²) in [4.78, 5) is 15.1. The number of morpholine rings is 1. The lowest BCUT2D eigenvalue weighted by molar-refractivity contribution is 0.0297. The third-order valence-electron chi connectivity index (χ3n) is 5.75. The van der Waals surface area contributed by atoms with E-state index in [0.29, 0.717) is 50.5 Å². The number of carbonyl (C=O) groups is 1. The van der Waals surface area contributed by atoms with Gasteiger partial charge >= 0.3 is 0 Å². The van der Waals surface area contributed by atoms with Crippen molar-refractivity contribution in [2.75, 3.05) is 26.3 Å². The fourth-order valence-electron chi connectivity index (χ4n) is 4.27. The Labute approximate surface area is 172 Å². The van der Waals surface area contributed by atoms with Crippen LogP contribution in [0.4, 0.5) is 0 Å². The summed E-state index contributed by atoms with van der Waals surface area (Å²) in [6, 6.07) is 4.33. The minimum Gasteiger partial charge on any atom is -0.465 e. The Bertz CT molecular complexity index is 848. The van der Waals surface area contributed by atoms with E-state index in [1.165, 1.54) is 5.69 Å². The highest BCUT2D eigenvalue weighted by atomic mass is 16.5. The van der Waals surface area contributed by atoms with Crippen molar-refractivity contribution in [3.63, 3.8) is 0 Å². The number of furan rings is 1. The lowest BCUT2D eigenvalue weighted by Gasteiger charge is -2.27. The average molecular weight is 401 g/mol. The van der Waals surface area contributed by atoms with Crippen LogP contribution in [0.3, 0.4) is 0 Å². The molecule has 158 valence electrons. The predicted molar refractivity (Wildman–Crippen MR) is 110 cm³/mol. The summed E-state index contributed by atoms with van der Waals surface area (Å²) in [6.07, 6.45) is 2.82. The molecule has 3 heterocycles. The van der Waals surface area contributed by atoms with Crippen molar-refractivity contribution in [3.8, 4) is 0 Å². The molecule has 0 spiro atoms. The van der Waals surface area contributed by atoms with Crippen LogP contribution in [0.1, 0.15) is 53.5 Å². The highest BCUT2D eigenvalue weighted by molar-refractivity contribution is 5.94. The number of aryl methyl sites for hydroxylation is 1. The van der Waals surface area contributed by atoms with Gasteiger partial charge in [0.25, 0.3) is 5.91 Å². The van der Waals surface area contributed by atoms with Gasteiger partial charge in [0.15, 0.2) is 5.69 Å². The molecule has 2 aromatic rings. The van der Waals surface area contributed by atoms with Gasteiger partial charge in [-0.1, -0.05) is 13.8 Å². The Morgan fingerprint density at radius 2 is 2.10 bits per heavy atom. The van der Waals surface area contributed by atoms with Crippen molar-refractivity contribution >= 4 is 5.91 Å².